The summed E-state index contributed by atoms with van der Waals surface area (Å²) >= 11 is 0. The van der Waals surface area contributed by atoms with E-state index < -0.39 is 0 Å². The zero-order valence-electron chi connectivity index (χ0n) is 7.89. The number of hydrogen-bond donors (Lipinski definition) is 0. The van der Waals surface area contributed by atoms with Gasteiger partial charge < -0.3 is 24.0 Å². The molecule has 14 heavy (non-hydrogen) atoms. The monoisotopic (exact) mass is 298 g/mol. The number of pyridine rings is 2. The van der Waals surface area contributed by atoms with Crippen LogP contribution >= 0.6 is 0 Å². The Morgan fingerprint density at radius 2 is 1.43 bits per heavy atom. The highest BCUT2D eigenvalue weighted by atomic mass is 127. The van der Waals surface area contributed by atoms with Crippen LogP contribution in [0.15, 0.2) is 49.1 Å². The average Bonchev–Trinajstić information content (AvgIpc) is 2.20. The summed E-state index contributed by atoms with van der Waals surface area (Å²) in [4.78, 5) is 3.98. The predicted octanol–water partition coefficient (Wildman–Crippen LogP) is -1.42. The van der Waals surface area contributed by atoms with Gasteiger partial charge in [-0.25, -0.2) is 4.57 Å². The maximum atomic E-state index is 3.98. The van der Waals surface area contributed by atoms with E-state index in [9.17, 15) is 0 Å². The van der Waals surface area contributed by atoms with Crippen LogP contribution in [0.5, 0.6) is 0 Å². The van der Waals surface area contributed by atoms with Gasteiger partial charge in [0.1, 0.15) is 7.05 Å². The molecule has 2 heterocycles. The second kappa shape index (κ2) is 5.05. The van der Waals surface area contributed by atoms with E-state index in [-0.39, 0.29) is 24.0 Å². The molecule has 3 heteroatoms. The van der Waals surface area contributed by atoms with Crippen molar-refractivity contribution in [2.24, 2.45) is 7.05 Å². The van der Waals surface area contributed by atoms with Crippen LogP contribution in [-0.2, 0) is 7.05 Å². The van der Waals surface area contributed by atoms with Crippen LogP contribution in [0.25, 0.3) is 11.1 Å². The average molecular weight is 298 g/mol. The Bertz CT molecular complexity index is 384. The molecule has 0 unspecified atom stereocenters. The Kier molecular flexibility index (Phi) is 4.00. The van der Waals surface area contributed by atoms with Crippen LogP contribution in [0, 0.1) is 0 Å². The Morgan fingerprint density at radius 3 is 2.00 bits per heavy atom. The first kappa shape index (κ1) is 11.1. The van der Waals surface area contributed by atoms with E-state index in [1.165, 1.54) is 11.1 Å². The molecule has 2 rings (SSSR count). The second-order valence-corrected chi connectivity index (χ2v) is 2.99. The van der Waals surface area contributed by atoms with Crippen molar-refractivity contribution in [1.29, 1.82) is 0 Å². The molecule has 0 aliphatic carbocycles. The zero-order valence-corrected chi connectivity index (χ0v) is 10.0. The van der Waals surface area contributed by atoms with E-state index in [4.69, 9.17) is 0 Å². The molecule has 0 saturated heterocycles. The highest BCUT2D eigenvalue weighted by molar-refractivity contribution is 5.61. The highest BCUT2D eigenvalue weighted by Gasteiger charge is 1.97. The first-order valence-electron chi connectivity index (χ1n) is 4.22. The van der Waals surface area contributed by atoms with Gasteiger partial charge in [-0.15, -0.1) is 0 Å². The van der Waals surface area contributed by atoms with Gasteiger partial charge in [0.2, 0.25) is 0 Å². The van der Waals surface area contributed by atoms with Gasteiger partial charge in [0.25, 0.3) is 0 Å². The van der Waals surface area contributed by atoms with Crippen molar-refractivity contribution in [3.63, 3.8) is 0 Å². The largest absolute Gasteiger partial charge is 1.00 e. The topological polar surface area (TPSA) is 16.8 Å². The fourth-order valence-electron chi connectivity index (χ4n) is 1.24. The van der Waals surface area contributed by atoms with Crippen LogP contribution < -0.4 is 28.5 Å². The SMILES string of the molecule is C[n+]1ccc(-c2ccncc2)cc1.[I-]. The highest BCUT2D eigenvalue weighted by Crippen LogP contribution is 2.15. The van der Waals surface area contributed by atoms with E-state index in [0.29, 0.717) is 0 Å². The van der Waals surface area contributed by atoms with Crippen LogP contribution in [-0.4, -0.2) is 4.98 Å². The molecule has 0 spiro atoms. The molecule has 0 fully saturated rings. The lowest BCUT2D eigenvalue weighted by Crippen LogP contribution is -3.00. The number of halogens is 1. The van der Waals surface area contributed by atoms with Crippen molar-refractivity contribution in [1.82, 2.24) is 4.98 Å². The summed E-state index contributed by atoms with van der Waals surface area (Å²) in [5.74, 6) is 0. The third kappa shape index (κ3) is 2.51. The fourth-order valence-corrected chi connectivity index (χ4v) is 1.24. The Balaban J connectivity index is 0.000000980. The van der Waals surface area contributed by atoms with E-state index in [1.807, 2.05) is 48.5 Å². The lowest BCUT2D eigenvalue weighted by atomic mass is 10.1. The van der Waals surface area contributed by atoms with E-state index >= 15 is 0 Å². The van der Waals surface area contributed by atoms with Gasteiger partial charge in [0.15, 0.2) is 12.4 Å². The quantitative estimate of drug-likeness (QED) is 0.466. The summed E-state index contributed by atoms with van der Waals surface area (Å²) in [7, 11) is 2.01. The van der Waals surface area contributed by atoms with Gasteiger partial charge >= 0.3 is 0 Å². The normalized spacial score (nSPS) is 9.21. The Labute approximate surface area is 101 Å². The summed E-state index contributed by atoms with van der Waals surface area (Å²) in [6, 6.07) is 8.20. The number of aryl methyl sites for hydroxylation is 1. The third-order valence-corrected chi connectivity index (χ3v) is 1.99. The summed E-state index contributed by atoms with van der Waals surface area (Å²) in [5.41, 5.74) is 2.43. The second-order valence-electron chi connectivity index (χ2n) is 2.99. The van der Waals surface area contributed by atoms with Gasteiger partial charge in [-0.2, -0.15) is 0 Å². The molecule has 0 amide bonds. The van der Waals surface area contributed by atoms with Gasteiger partial charge in [-0.1, -0.05) is 0 Å². The van der Waals surface area contributed by atoms with Gasteiger partial charge in [-0.3, -0.25) is 4.98 Å². The summed E-state index contributed by atoms with van der Waals surface area (Å²) in [5, 5.41) is 0. The maximum absolute atomic E-state index is 3.98. The summed E-state index contributed by atoms with van der Waals surface area (Å²) < 4.78 is 2.02. The number of hydrogen-bond acceptors (Lipinski definition) is 1. The van der Waals surface area contributed by atoms with Gasteiger partial charge in [-0.05, 0) is 23.3 Å². The Hall–Kier alpha value is -0.970. The lowest BCUT2D eigenvalue weighted by molar-refractivity contribution is -0.671. The smallest absolute Gasteiger partial charge is 0.169 e. The standard InChI is InChI=1S/C11H11N2.HI/c1-13-8-4-11(5-9-13)10-2-6-12-7-3-10;/h2-9H,1H3;1H/q+1;/p-1. The lowest BCUT2D eigenvalue weighted by Gasteiger charge is -1.97. The van der Waals surface area contributed by atoms with Gasteiger partial charge in [0, 0.05) is 24.5 Å². The minimum Gasteiger partial charge on any atom is -1.00 e. The van der Waals surface area contributed by atoms with Crippen LogP contribution in [0.3, 0.4) is 0 Å². The third-order valence-electron chi connectivity index (χ3n) is 1.99. The van der Waals surface area contributed by atoms with Crippen molar-refractivity contribution in [3.8, 4) is 11.1 Å². The van der Waals surface area contributed by atoms with Crippen molar-refractivity contribution in [3.05, 3.63) is 49.1 Å². The molecule has 0 bridgehead atoms. The summed E-state index contributed by atoms with van der Waals surface area (Å²) in [6.45, 7) is 0. The number of nitrogens with zero attached hydrogens (tertiary/aromatic N) is 2. The van der Waals surface area contributed by atoms with Crippen LogP contribution in [0.2, 0.25) is 0 Å². The molecule has 0 radical (unpaired) electrons. The van der Waals surface area contributed by atoms with E-state index in [1.54, 1.807) is 0 Å². The van der Waals surface area contributed by atoms with E-state index in [0.717, 1.165) is 0 Å². The maximum Gasteiger partial charge on any atom is 0.169 e. The minimum atomic E-state index is 0. The van der Waals surface area contributed by atoms with Gasteiger partial charge in [0.05, 0.1) is 0 Å². The number of rotatable bonds is 1. The molecule has 0 atom stereocenters. The molecule has 0 aliphatic heterocycles. The minimum absolute atomic E-state index is 0. The summed E-state index contributed by atoms with van der Waals surface area (Å²) in [6.07, 6.45) is 7.69. The number of aromatic nitrogens is 2. The zero-order chi connectivity index (χ0) is 9.10. The van der Waals surface area contributed by atoms with Crippen LogP contribution in [0.4, 0.5) is 0 Å². The van der Waals surface area contributed by atoms with E-state index in [2.05, 4.69) is 17.1 Å². The molecule has 0 saturated carbocycles. The van der Waals surface area contributed by atoms with Crippen molar-refractivity contribution < 1.29 is 28.5 Å². The fraction of sp³-hybridized carbons (Fsp3) is 0.0909. The molecular formula is C11H11IN2. The first-order valence-corrected chi connectivity index (χ1v) is 4.22. The molecule has 2 aromatic heterocycles. The molecule has 0 aromatic carbocycles. The Morgan fingerprint density at radius 1 is 0.929 bits per heavy atom. The first-order chi connectivity index (χ1) is 6.36. The molecule has 2 nitrogen and oxygen atoms in total. The van der Waals surface area contributed by atoms with Crippen molar-refractivity contribution >= 4 is 0 Å². The van der Waals surface area contributed by atoms with Crippen molar-refractivity contribution in [2.75, 3.05) is 0 Å². The van der Waals surface area contributed by atoms with Crippen LogP contribution in [0.1, 0.15) is 0 Å². The molecule has 2 aromatic rings. The molecule has 0 N–H and O–H groups in total. The molecular weight excluding hydrogens is 287 g/mol. The molecule has 0 aliphatic rings. The van der Waals surface area contributed by atoms with Crippen molar-refractivity contribution in [2.45, 2.75) is 0 Å². The predicted molar refractivity (Wildman–Crippen MR) is 50.8 cm³/mol. The molecule has 72 valence electrons.